The number of hydrogen-bond acceptors (Lipinski definition) is 6. The number of amides is 1. The number of carbonyl (C=O) groups excluding carboxylic acids is 1. The molecule has 6 rings (SSSR count). The van der Waals surface area contributed by atoms with Crippen LogP contribution in [0.2, 0.25) is 0 Å². The number of thiocarbonyl (C=S) groups is 1. The lowest BCUT2D eigenvalue weighted by atomic mass is 10.0. The molecule has 0 saturated carbocycles. The van der Waals surface area contributed by atoms with Gasteiger partial charge in [-0.1, -0.05) is 96.4 Å². The number of carbonyl (C=O) groups is 2. The fourth-order valence-corrected chi connectivity index (χ4v) is 7.02. The molecule has 192 valence electrons. The molecule has 2 heterocycles. The van der Waals surface area contributed by atoms with Crippen molar-refractivity contribution in [3.8, 4) is 11.1 Å². The van der Waals surface area contributed by atoms with E-state index in [4.69, 9.17) is 17.3 Å². The van der Waals surface area contributed by atoms with Gasteiger partial charge in [-0.15, -0.1) is 0 Å². The lowest BCUT2D eigenvalue weighted by Crippen LogP contribution is -2.30. The van der Waals surface area contributed by atoms with Gasteiger partial charge in [-0.2, -0.15) is 0 Å². The maximum atomic E-state index is 12.7. The van der Waals surface area contributed by atoms with Crippen molar-refractivity contribution in [2.45, 2.75) is 16.2 Å². The number of carboxylic acids is 1. The number of fused-ring (bicyclic) bond motifs is 2. The summed E-state index contributed by atoms with van der Waals surface area (Å²) >= 11 is 8.27. The Bertz CT molecular complexity index is 1630. The van der Waals surface area contributed by atoms with Crippen LogP contribution in [0.1, 0.15) is 12.0 Å². The number of anilines is 3. The largest absolute Gasteiger partial charge is 0.481 e. The summed E-state index contributed by atoms with van der Waals surface area (Å²) in [5.74, 6) is -1.20. The van der Waals surface area contributed by atoms with Crippen molar-refractivity contribution in [3.63, 3.8) is 0 Å². The predicted molar refractivity (Wildman–Crippen MR) is 163 cm³/mol. The molecule has 0 unspecified atom stereocenters. The molecule has 0 bridgehead atoms. The second-order valence-corrected chi connectivity index (χ2v) is 11.8. The van der Waals surface area contributed by atoms with Gasteiger partial charge in [0.1, 0.15) is 4.32 Å². The van der Waals surface area contributed by atoms with E-state index < -0.39 is 5.97 Å². The van der Waals surface area contributed by atoms with E-state index in [9.17, 15) is 9.59 Å². The topological polar surface area (TPSA) is 60.9 Å². The molecule has 0 radical (unpaired) electrons. The van der Waals surface area contributed by atoms with Gasteiger partial charge in [0.2, 0.25) is 0 Å². The summed E-state index contributed by atoms with van der Waals surface area (Å²) in [6, 6.07) is 33.5. The molecule has 39 heavy (non-hydrogen) atoms. The Labute approximate surface area is 240 Å². The van der Waals surface area contributed by atoms with E-state index in [2.05, 4.69) is 83.8 Å². The number of nitrogens with zero attached hydrogens (tertiary/aromatic N) is 2. The fraction of sp³-hybridized carbons (Fsp3) is 0.0645. The van der Waals surface area contributed by atoms with E-state index in [1.807, 2.05) is 18.2 Å². The molecule has 1 N–H and O–H groups in total. The Balaban J connectivity index is 1.27. The minimum Gasteiger partial charge on any atom is -0.481 e. The number of aliphatic carboxylic acids is 1. The Kier molecular flexibility index (Phi) is 6.99. The first kappa shape index (κ1) is 25.4. The molecule has 1 amide bonds. The lowest BCUT2D eigenvalue weighted by Gasteiger charge is -2.33. The van der Waals surface area contributed by atoms with E-state index in [1.165, 1.54) is 32.1 Å². The number of benzene rings is 4. The normalized spacial score (nSPS) is 15.4. The van der Waals surface area contributed by atoms with E-state index in [-0.39, 0.29) is 18.9 Å². The van der Waals surface area contributed by atoms with Gasteiger partial charge in [-0.25, -0.2) is 0 Å². The molecule has 2 aliphatic rings. The van der Waals surface area contributed by atoms with Crippen LogP contribution in [0.3, 0.4) is 0 Å². The summed E-state index contributed by atoms with van der Waals surface area (Å²) in [6.07, 6.45) is 1.67. The maximum absolute atomic E-state index is 12.7. The third-order valence-corrected chi connectivity index (χ3v) is 9.00. The van der Waals surface area contributed by atoms with E-state index >= 15 is 0 Å². The van der Waals surface area contributed by atoms with Gasteiger partial charge in [-0.05, 0) is 59.2 Å². The average Bonchev–Trinajstić information content (AvgIpc) is 3.22. The van der Waals surface area contributed by atoms with Crippen molar-refractivity contribution in [2.24, 2.45) is 0 Å². The van der Waals surface area contributed by atoms with Gasteiger partial charge < -0.3 is 10.0 Å². The molecule has 2 aliphatic heterocycles. The van der Waals surface area contributed by atoms with Crippen molar-refractivity contribution in [1.29, 1.82) is 0 Å². The molecule has 5 nitrogen and oxygen atoms in total. The van der Waals surface area contributed by atoms with Gasteiger partial charge >= 0.3 is 5.97 Å². The molecule has 4 aromatic rings. The van der Waals surface area contributed by atoms with Gasteiger partial charge in [0, 0.05) is 22.0 Å². The molecular formula is C31H22N2O3S3. The Morgan fingerprint density at radius 2 is 1.51 bits per heavy atom. The Morgan fingerprint density at radius 1 is 0.821 bits per heavy atom. The van der Waals surface area contributed by atoms with Crippen LogP contribution in [-0.4, -0.2) is 32.7 Å². The highest BCUT2D eigenvalue weighted by molar-refractivity contribution is 8.26. The van der Waals surface area contributed by atoms with Crippen molar-refractivity contribution >= 4 is 75.1 Å². The molecular weight excluding hydrogens is 545 g/mol. The van der Waals surface area contributed by atoms with Crippen LogP contribution in [0, 0.1) is 0 Å². The first-order valence-electron chi connectivity index (χ1n) is 12.3. The Morgan fingerprint density at radius 3 is 2.28 bits per heavy atom. The number of carboxylic acid groups (broad SMARTS) is 1. The van der Waals surface area contributed by atoms with Crippen LogP contribution in [0.4, 0.5) is 17.1 Å². The number of hydrogen-bond donors (Lipinski definition) is 1. The summed E-state index contributed by atoms with van der Waals surface area (Å²) < 4.78 is 0.391. The van der Waals surface area contributed by atoms with Gasteiger partial charge in [-0.3, -0.25) is 14.5 Å². The van der Waals surface area contributed by atoms with E-state index in [0.29, 0.717) is 9.23 Å². The summed E-state index contributed by atoms with van der Waals surface area (Å²) in [6.45, 7) is 0.0821. The zero-order valence-corrected chi connectivity index (χ0v) is 23.1. The standard InChI is InChI=1S/C31H22N2O3S3/c34-29(35)16-17-32-30(36)28(39-31(32)37)18-20-10-12-21(13-11-20)22-14-15-25-27(19-22)38-26-9-5-4-8-24(26)33(25)23-6-2-1-3-7-23/h1-15,18-19H,16-17H2,(H,34,35)/b28-18-. The minimum atomic E-state index is -0.957. The first-order valence-corrected chi connectivity index (χ1v) is 14.4. The van der Waals surface area contributed by atoms with Crippen molar-refractivity contribution in [3.05, 3.63) is 108 Å². The van der Waals surface area contributed by atoms with Crippen LogP contribution < -0.4 is 4.90 Å². The molecule has 0 aliphatic carbocycles. The van der Waals surface area contributed by atoms with Gasteiger partial charge in [0.25, 0.3) is 5.91 Å². The second kappa shape index (κ2) is 10.7. The maximum Gasteiger partial charge on any atom is 0.305 e. The highest BCUT2D eigenvalue weighted by atomic mass is 32.2. The summed E-state index contributed by atoms with van der Waals surface area (Å²) in [4.78, 5) is 30.2. The van der Waals surface area contributed by atoms with Crippen molar-refractivity contribution < 1.29 is 14.7 Å². The second-order valence-electron chi connectivity index (χ2n) is 9.02. The molecule has 0 atom stereocenters. The molecule has 0 spiro atoms. The number of thioether (sulfide) groups is 1. The highest BCUT2D eigenvalue weighted by Gasteiger charge is 2.32. The van der Waals surface area contributed by atoms with Crippen LogP contribution >= 0.6 is 35.7 Å². The smallest absolute Gasteiger partial charge is 0.305 e. The van der Waals surface area contributed by atoms with Crippen molar-refractivity contribution in [1.82, 2.24) is 4.90 Å². The summed E-state index contributed by atoms with van der Waals surface area (Å²) in [7, 11) is 0. The third-order valence-electron chi connectivity index (χ3n) is 6.51. The predicted octanol–water partition coefficient (Wildman–Crippen LogP) is 7.96. The van der Waals surface area contributed by atoms with Crippen molar-refractivity contribution in [2.75, 3.05) is 11.4 Å². The molecule has 1 fully saturated rings. The SMILES string of the molecule is O=C(O)CCN1C(=O)/C(=C/c2ccc(-c3ccc4c(c3)Sc3ccccc3N4c3ccccc3)cc2)SC1=S. The number of para-hydroxylation sites is 2. The number of rotatable bonds is 6. The molecule has 4 aromatic carbocycles. The fourth-order valence-electron chi connectivity index (χ4n) is 4.62. The molecule has 0 aromatic heterocycles. The van der Waals surface area contributed by atoms with Crippen LogP contribution in [0.5, 0.6) is 0 Å². The van der Waals surface area contributed by atoms with Gasteiger partial charge in [0.15, 0.2) is 0 Å². The van der Waals surface area contributed by atoms with E-state index in [0.717, 1.165) is 28.1 Å². The Hall–Kier alpha value is -3.85. The minimum absolute atomic E-state index is 0.0821. The molecule has 8 heteroatoms. The van der Waals surface area contributed by atoms with Crippen LogP contribution in [0.15, 0.2) is 112 Å². The van der Waals surface area contributed by atoms with Gasteiger partial charge in [0.05, 0.1) is 22.7 Å². The average molecular weight is 567 g/mol. The zero-order valence-electron chi connectivity index (χ0n) is 20.6. The summed E-state index contributed by atoms with van der Waals surface area (Å²) in [5.41, 5.74) is 6.52. The first-order chi connectivity index (χ1) is 19.0. The van der Waals surface area contributed by atoms with E-state index in [1.54, 1.807) is 17.8 Å². The van der Waals surface area contributed by atoms with Crippen LogP contribution in [-0.2, 0) is 9.59 Å². The summed E-state index contributed by atoms with van der Waals surface area (Å²) in [5, 5.41) is 8.94. The lowest BCUT2D eigenvalue weighted by molar-refractivity contribution is -0.137. The zero-order chi connectivity index (χ0) is 26.9. The molecule has 1 saturated heterocycles. The third kappa shape index (κ3) is 5.11. The quantitative estimate of drug-likeness (QED) is 0.165. The monoisotopic (exact) mass is 566 g/mol. The highest BCUT2D eigenvalue weighted by Crippen LogP contribution is 2.52. The van der Waals surface area contributed by atoms with Crippen LogP contribution in [0.25, 0.3) is 17.2 Å².